The van der Waals surface area contributed by atoms with Crippen LogP contribution < -0.4 is 14.5 Å². The van der Waals surface area contributed by atoms with Gasteiger partial charge < -0.3 is 19.4 Å². The first kappa shape index (κ1) is 23.5. The second-order valence-corrected chi connectivity index (χ2v) is 9.63. The normalized spacial score (nSPS) is 14.6. The molecular formula is C27H31ClN6O. The first-order valence-electron chi connectivity index (χ1n) is 11.9. The molecule has 2 aromatic carbocycles. The van der Waals surface area contributed by atoms with Gasteiger partial charge in [0.1, 0.15) is 11.6 Å². The second kappa shape index (κ2) is 9.76. The standard InChI is InChI=1S/C27H31ClN6O/c1-31(2)21-10-14-33(15-11-21)23-18-24(32(3)27-9-12-29-26-8-13-30-34(26)27)25(35-4)17-22(23)19-6-5-7-20(28)16-19/h5-9,12-13,16-18,21H,10-11,14-15H2,1-4H3. The number of benzene rings is 2. The average molecular weight is 491 g/mol. The molecule has 0 bridgehead atoms. The lowest BCUT2D eigenvalue weighted by Crippen LogP contribution is -2.42. The molecule has 3 heterocycles. The third-order valence-electron chi connectivity index (χ3n) is 6.94. The van der Waals surface area contributed by atoms with Crippen molar-refractivity contribution in [1.29, 1.82) is 0 Å². The van der Waals surface area contributed by atoms with Crippen LogP contribution in [0.5, 0.6) is 5.75 Å². The molecule has 0 radical (unpaired) electrons. The Balaban J connectivity index is 1.63. The molecule has 1 aliphatic rings. The molecule has 5 rings (SSSR count). The molecule has 0 atom stereocenters. The van der Waals surface area contributed by atoms with Gasteiger partial charge in [0, 0.05) is 54.7 Å². The fraction of sp³-hybridized carbons (Fsp3) is 0.333. The largest absolute Gasteiger partial charge is 0.495 e. The zero-order valence-electron chi connectivity index (χ0n) is 20.6. The van der Waals surface area contributed by atoms with Crippen LogP contribution in [0.1, 0.15) is 12.8 Å². The third kappa shape index (κ3) is 4.54. The minimum atomic E-state index is 0.603. The van der Waals surface area contributed by atoms with Crippen LogP contribution in [-0.2, 0) is 0 Å². The quantitative estimate of drug-likeness (QED) is 0.363. The molecule has 0 N–H and O–H groups in total. The zero-order valence-corrected chi connectivity index (χ0v) is 21.4. The van der Waals surface area contributed by atoms with Crippen molar-refractivity contribution in [2.75, 3.05) is 51.1 Å². The maximum absolute atomic E-state index is 6.39. The van der Waals surface area contributed by atoms with E-state index >= 15 is 0 Å². The van der Waals surface area contributed by atoms with Crippen LogP contribution in [0, 0.1) is 0 Å². The number of halogens is 1. The highest BCUT2D eigenvalue weighted by Gasteiger charge is 2.25. The highest BCUT2D eigenvalue weighted by molar-refractivity contribution is 6.30. The predicted octanol–water partition coefficient (Wildman–Crippen LogP) is 5.36. The van der Waals surface area contributed by atoms with Crippen LogP contribution in [0.25, 0.3) is 16.8 Å². The molecule has 1 saturated heterocycles. The number of methoxy groups -OCH3 is 1. The molecule has 0 saturated carbocycles. The summed E-state index contributed by atoms with van der Waals surface area (Å²) >= 11 is 6.39. The lowest BCUT2D eigenvalue weighted by atomic mass is 9.98. The SMILES string of the molecule is COc1cc(-c2cccc(Cl)c2)c(N2CCC(N(C)C)CC2)cc1N(C)c1ccnc2ccnn12. The topological polar surface area (TPSA) is 49.1 Å². The van der Waals surface area contributed by atoms with E-state index in [1.165, 1.54) is 5.69 Å². The highest BCUT2D eigenvalue weighted by Crippen LogP contribution is 2.43. The Hall–Kier alpha value is -3.29. The smallest absolute Gasteiger partial charge is 0.157 e. The van der Waals surface area contributed by atoms with Crippen LogP contribution in [0.2, 0.25) is 5.02 Å². The van der Waals surface area contributed by atoms with Crippen molar-refractivity contribution >= 4 is 34.4 Å². The van der Waals surface area contributed by atoms with Gasteiger partial charge in [0.2, 0.25) is 0 Å². The lowest BCUT2D eigenvalue weighted by molar-refractivity contribution is 0.250. The van der Waals surface area contributed by atoms with Gasteiger partial charge in [-0.15, -0.1) is 0 Å². The van der Waals surface area contributed by atoms with Crippen molar-refractivity contribution in [3.05, 3.63) is 65.9 Å². The first-order chi connectivity index (χ1) is 17.0. The Morgan fingerprint density at radius 1 is 1.00 bits per heavy atom. The van der Waals surface area contributed by atoms with Gasteiger partial charge in [-0.3, -0.25) is 0 Å². The Morgan fingerprint density at radius 3 is 2.51 bits per heavy atom. The van der Waals surface area contributed by atoms with Crippen molar-refractivity contribution in [3.8, 4) is 16.9 Å². The summed E-state index contributed by atoms with van der Waals surface area (Å²) in [6, 6.07) is 16.9. The number of hydrogen-bond donors (Lipinski definition) is 0. The summed E-state index contributed by atoms with van der Waals surface area (Å²) in [6.07, 6.45) is 5.82. The minimum Gasteiger partial charge on any atom is -0.495 e. The summed E-state index contributed by atoms with van der Waals surface area (Å²) in [5, 5.41) is 5.19. The molecule has 0 spiro atoms. The number of nitrogens with zero attached hydrogens (tertiary/aromatic N) is 6. The van der Waals surface area contributed by atoms with E-state index in [1.807, 2.05) is 48.1 Å². The van der Waals surface area contributed by atoms with Crippen LogP contribution >= 0.6 is 11.6 Å². The second-order valence-electron chi connectivity index (χ2n) is 9.20. The number of fused-ring (bicyclic) bond motifs is 1. The Morgan fingerprint density at radius 2 is 1.80 bits per heavy atom. The van der Waals surface area contributed by atoms with E-state index in [0.29, 0.717) is 6.04 Å². The molecule has 4 aromatic rings. The molecule has 0 amide bonds. The van der Waals surface area contributed by atoms with E-state index in [2.05, 4.69) is 57.1 Å². The maximum atomic E-state index is 6.39. The molecule has 35 heavy (non-hydrogen) atoms. The van der Waals surface area contributed by atoms with Crippen molar-refractivity contribution < 1.29 is 4.74 Å². The van der Waals surface area contributed by atoms with Gasteiger partial charge in [-0.25, -0.2) is 4.98 Å². The summed E-state index contributed by atoms with van der Waals surface area (Å²) in [5.41, 5.74) is 5.13. The van der Waals surface area contributed by atoms with Gasteiger partial charge in [-0.1, -0.05) is 23.7 Å². The Bertz CT molecular complexity index is 1330. The highest BCUT2D eigenvalue weighted by atomic mass is 35.5. The van der Waals surface area contributed by atoms with Gasteiger partial charge in [-0.2, -0.15) is 9.61 Å². The molecule has 7 nitrogen and oxygen atoms in total. The van der Waals surface area contributed by atoms with E-state index in [1.54, 1.807) is 13.3 Å². The monoisotopic (exact) mass is 490 g/mol. The summed E-state index contributed by atoms with van der Waals surface area (Å²) in [4.78, 5) is 11.3. The molecule has 0 aliphatic carbocycles. The van der Waals surface area contributed by atoms with E-state index in [0.717, 1.165) is 65.0 Å². The van der Waals surface area contributed by atoms with Gasteiger partial charge >= 0.3 is 0 Å². The van der Waals surface area contributed by atoms with Crippen LogP contribution in [-0.4, -0.2) is 66.9 Å². The molecule has 1 fully saturated rings. The van der Waals surface area contributed by atoms with Crippen molar-refractivity contribution in [2.45, 2.75) is 18.9 Å². The summed E-state index contributed by atoms with van der Waals surface area (Å²) < 4.78 is 7.76. The van der Waals surface area contributed by atoms with Crippen LogP contribution in [0.4, 0.5) is 17.2 Å². The Kier molecular flexibility index (Phi) is 6.54. The number of piperidine rings is 1. The molecule has 182 valence electrons. The first-order valence-corrected chi connectivity index (χ1v) is 12.3. The number of ether oxygens (including phenoxy) is 1. The average Bonchev–Trinajstić information content (AvgIpc) is 3.37. The molecule has 0 unspecified atom stereocenters. The van der Waals surface area contributed by atoms with Gasteiger partial charge in [0.25, 0.3) is 0 Å². The van der Waals surface area contributed by atoms with Crippen molar-refractivity contribution in [3.63, 3.8) is 0 Å². The molecule has 1 aliphatic heterocycles. The van der Waals surface area contributed by atoms with E-state index in [-0.39, 0.29) is 0 Å². The number of aromatic nitrogens is 3. The Labute approximate surface area is 211 Å². The maximum Gasteiger partial charge on any atom is 0.157 e. The predicted molar refractivity (Wildman–Crippen MR) is 143 cm³/mol. The van der Waals surface area contributed by atoms with Gasteiger partial charge in [-0.05, 0) is 62.8 Å². The number of rotatable bonds is 6. The molecule has 2 aromatic heterocycles. The van der Waals surface area contributed by atoms with Gasteiger partial charge in [0.15, 0.2) is 5.65 Å². The third-order valence-corrected chi connectivity index (χ3v) is 7.18. The van der Waals surface area contributed by atoms with Gasteiger partial charge in [0.05, 0.1) is 19.0 Å². The molecule has 8 heteroatoms. The fourth-order valence-electron chi connectivity index (χ4n) is 4.95. The van der Waals surface area contributed by atoms with Crippen LogP contribution in [0.15, 0.2) is 60.9 Å². The lowest BCUT2D eigenvalue weighted by Gasteiger charge is -2.38. The summed E-state index contributed by atoms with van der Waals surface area (Å²) in [5.74, 6) is 1.69. The number of hydrogen-bond acceptors (Lipinski definition) is 6. The fourth-order valence-corrected chi connectivity index (χ4v) is 5.14. The van der Waals surface area contributed by atoms with Crippen molar-refractivity contribution in [2.24, 2.45) is 0 Å². The van der Waals surface area contributed by atoms with E-state index in [9.17, 15) is 0 Å². The minimum absolute atomic E-state index is 0.603. The van der Waals surface area contributed by atoms with Crippen LogP contribution in [0.3, 0.4) is 0 Å². The zero-order chi connectivity index (χ0) is 24.5. The molecular weight excluding hydrogens is 460 g/mol. The van der Waals surface area contributed by atoms with E-state index in [4.69, 9.17) is 16.3 Å². The number of anilines is 3. The van der Waals surface area contributed by atoms with E-state index < -0.39 is 0 Å². The summed E-state index contributed by atoms with van der Waals surface area (Å²) in [7, 11) is 8.09. The summed E-state index contributed by atoms with van der Waals surface area (Å²) in [6.45, 7) is 1.98. The van der Waals surface area contributed by atoms with Crippen molar-refractivity contribution in [1.82, 2.24) is 19.5 Å².